The van der Waals surface area contributed by atoms with Gasteiger partial charge in [-0.1, -0.05) is 51.5 Å². The zero-order valence-electron chi connectivity index (χ0n) is 15.5. The first-order valence-corrected chi connectivity index (χ1v) is 9.51. The Bertz CT molecular complexity index is 762. The highest BCUT2D eigenvalue weighted by Gasteiger charge is 2.37. The molecule has 132 valence electrons. The van der Waals surface area contributed by atoms with Crippen molar-refractivity contribution in [2.45, 2.75) is 58.0 Å². The first kappa shape index (κ1) is 16.4. The van der Waals surface area contributed by atoms with E-state index < -0.39 is 0 Å². The van der Waals surface area contributed by atoms with Crippen LogP contribution in [0.2, 0.25) is 0 Å². The van der Waals surface area contributed by atoms with Crippen LogP contribution in [0.25, 0.3) is 0 Å². The number of hydrogen-bond acceptors (Lipinski definition) is 1. The van der Waals surface area contributed by atoms with Crippen LogP contribution in [0.1, 0.15) is 62.9 Å². The van der Waals surface area contributed by atoms with Gasteiger partial charge in [-0.2, -0.15) is 0 Å². The molecule has 0 spiro atoms. The van der Waals surface area contributed by atoms with Gasteiger partial charge in [-0.05, 0) is 41.5 Å². The normalized spacial score (nSPS) is 20.9. The lowest BCUT2D eigenvalue weighted by Gasteiger charge is -2.41. The quantitative estimate of drug-likeness (QED) is 0.792. The summed E-state index contributed by atoms with van der Waals surface area (Å²) in [7, 11) is 0. The van der Waals surface area contributed by atoms with Gasteiger partial charge in [0.05, 0.1) is 6.04 Å². The maximum Gasteiger partial charge on any atom is 0.226 e. The smallest absolute Gasteiger partial charge is 0.226 e. The van der Waals surface area contributed by atoms with E-state index in [0.717, 1.165) is 25.9 Å². The number of carbonyl (C=O) groups excluding carboxylic acids is 1. The van der Waals surface area contributed by atoms with Crippen molar-refractivity contribution in [3.63, 3.8) is 0 Å². The fourth-order valence-corrected chi connectivity index (χ4v) is 4.03. The molecular formula is C22H28N2O. The monoisotopic (exact) mass is 336 g/mol. The molecule has 0 radical (unpaired) electrons. The van der Waals surface area contributed by atoms with Gasteiger partial charge in [0.15, 0.2) is 0 Å². The number of carbonyl (C=O) groups is 1. The van der Waals surface area contributed by atoms with Crippen LogP contribution in [0.15, 0.2) is 42.6 Å². The van der Waals surface area contributed by atoms with Gasteiger partial charge in [-0.15, -0.1) is 0 Å². The fourth-order valence-electron chi connectivity index (χ4n) is 4.03. The average Bonchev–Trinajstić information content (AvgIpc) is 3.00. The molecule has 25 heavy (non-hydrogen) atoms. The Labute approximate surface area is 150 Å². The van der Waals surface area contributed by atoms with Crippen molar-refractivity contribution in [2.24, 2.45) is 5.92 Å². The van der Waals surface area contributed by atoms with Gasteiger partial charge in [0, 0.05) is 30.9 Å². The summed E-state index contributed by atoms with van der Waals surface area (Å²) in [5.41, 5.74) is 3.94. The van der Waals surface area contributed by atoms with E-state index in [1.165, 1.54) is 23.2 Å². The highest BCUT2D eigenvalue weighted by Crippen LogP contribution is 2.37. The second kappa shape index (κ2) is 6.05. The molecule has 3 heteroatoms. The third-order valence-corrected chi connectivity index (χ3v) is 5.87. The van der Waals surface area contributed by atoms with E-state index in [1.807, 2.05) is 0 Å². The van der Waals surface area contributed by atoms with E-state index in [2.05, 4.69) is 72.8 Å². The molecule has 4 rings (SSSR count). The van der Waals surface area contributed by atoms with Gasteiger partial charge in [-0.3, -0.25) is 4.79 Å². The van der Waals surface area contributed by atoms with Gasteiger partial charge in [0.25, 0.3) is 0 Å². The topological polar surface area (TPSA) is 25.2 Å². The highest BCUT2D eigenvalue weighted by atomic mass is 16.2. The van der Waals surface area contributed by atoms with Crippen LogP contribution in [-0.2, 0) is 16.8 Å². The summed E-state index contributed by atoms with van der Waals surface area (Å²) >= 11 is 0. The van der Waals surface area contributed by atoms with Crippen LogP contribution >= 0.6 is 0 Å². The number of nitrogens with zero attached hydrogens (tertiary/aromatic N) is 2. The molecule has 0 saturated heterocycles. The molecule has 3 nitrogen and oxygen atoms in total. The van der Waals surface area contributed by atoms with Crippen molar-refractivity contribution in [3.8, 4) is 0 Å². The molecule has 1 aromatic carbocycles. The molecule has 1 saturated carbocycles. The molecule has 1 unspecified atom stereocenters. The SMILES string of the molecule is CC(C)(C)c1ccc(C2c3cccn3CCN2C(=O)C2CCC2)cc1. The van der Waals surface area contributed by atoms with Crippen LogP contribution in [0.3, 0.4) is 0 Å². The minimum absolute atomic E-state index is 0.0471. The largest absolute Gasteiger partial charge is 0.348 e. The maximum absolute atomic E-state index is 13.0. The molecule has 0 bridgehead atoms. The molecular weight excluding hydrogens is 308 g/mol. The minimum atomic E-state index is 0.0471. The van der Waals surface area contributed by atoms with Crippen LogP contribution in [0, 0.1) is 5.92 Å². The Morgan fingerprint density at radius 1 is 1.04 bits per heavy atom. The van der Waals surface area contributed by atoms with Gasteiger partial charge in [-0.25, -0.2) is 0 Å². The van der Waals surface area contributed by atoms with Crippen LogP contribution in [0.5, 0.6) is 0 Å². The van der Waals surface area contributed by atoms with Gasteiger partial charge in [0.1, 0.15) is 0 Å². The Morgan fingerprint density at radius 3 is 2.36 bits per heavy atom. The summed E-state index contributed by atoms with van der Waals surface area (Å²) < 4.78 is 2.30. The van der Waals surface area contributed by atoms with Crippen molar-refractivity contribution in [3.05, 3.63) is 59.4 Å². The summed E-state index contributed by atoms with van der Waals surface area (Å²) in [4.78, 5) is 15.2. The fraction of sp³-hybridized carbons (Fsp3) is 0.500. The van der Waals surface area contributed by atoms with Crippen LogP contribution < -0.4 is 0 Å². The van der Waals surface area contributed by atoms with Crippen molar-refractivity contribution in [1.82, 2.24) is 9.47 Å². The summed E-state index contributed by atoms with van der Waals surface area (Å²) in [6, 6.07) is 13.2. The lowest BCUT2D eigenvalue weighted by Crippen LogP contribution is -2.46. The molecule has 1 fully saturated rings. The zero-order chi connectivity index (χ0) is 17.6. The molecule has 2 heterocycles. The summed E-state index contributed by atoms with van der Waals surface area (Å²) in [6.07, 6.45) is 5.46. The van der Waals surface area contributed by atoms with Gasteiger partial charge >= 0.3 is 0 Å². The molecule has 1 amide bonds. The number of amides is 1. The Balaban J connectivity index is 1.71. The number of aromatic nitrogens is 1. The van der Waals surface area contributed by atoms with E-state index in [1.54, 1.807) is 0 Å². The van der Waals surface area contributed by atoms with Crippen LogP contribution in [-0.4, -0.2) is 21.9 Å². The second-order valence-corrected chi connectivity index (χ2v) is 8.56. The van der Waals surface area contributed by atoms with Gasteiger partial charge < -0.3 is 9.47 Å². The number of benzene rings is 1. The number of rotatable bonds is 2. The van der Waals surface area contributed by atoms with Crippen molar-refractivity contribution in [1.29, 1.82) is 0 Å². The predicted molar refractivity (Wildman–Crippen MR) is 100 cm³/mol. The molecule has 1 aliphatic carbocycles. The summed E-state index contributed by atoms with van der Waals surface area (Å²) in [5, 5.41) is 0. The third-order valence-electron chi connectivity index (χ3n) is 5.87. The molecule has 0 N–H and O–H groups in total. The lowest BCUT2D eigenvalue weighted by molar-refractivity contribution is -0.141. The van der Waals surface area contributed by atoms with Gasteiger partial charge in [0.2, 0.25) is 5.91 Å². The van der Waals surface area contributed by atoms with E-state index in [0.29, 0.717) is 5.91 Å². The third kappa shape index (κ3) is 2.90. The highest BCUT2D eigenvalue weighted by molar-refractivity contribution is 5.80. The maximum atomic E-state index is 13.0. The minimum Gasteiger partial charge on any atom is -0.348 e. The first-order valence-electron chi connectivity index (χ1n) is 9.51. The number of fused-ring (bicyclic) bond motifs is 1. The van der Waals surface area contributed by atoms with E-state index in [9.17, 15) is 4.79 Å². The average molecular weight is 336 g/mol. The second-order valence-electron chi connectivity index (χ2n) is 8.56. The summed E-state index contributed by atoms with van der Waals surface area (Å²) in [5.74, 6) is 0.599. The molecule has 2 aromatic rings. The molecule has 1 aromatic heterocycles. The lowest BCUT2D eigenvalue weighted by atomic mass is 9.83. The Hall–Kier alpha value is -2.03. The van der Waals surface area contributed by atoms with Crippen molar-refractivity contribution in [2.75, 3.05) is 6.54 Å². The van der Waals surface area contributed by atoms with Crippen LogP contribution in [0.4, 0.5) is 0 Å². The van der Waals surface area contributed by atoms with E-state index in [-0.39, 0.29) is 17.4 Å². The van der Waals surface area contributed by atoms with E-state index >= 15 is 0 Å². The first-order chi connectivity index (χ1) is 11.9. The molecule has 1 aliphatic heterocycles. The Kier molecular flexibility index (Phi) is 3.98. The zero-order valence-corrected chi connectivity index (χ0v) is 15.5. The predicted octanol–water partition coefficient (Wildman–Crippen LogP) is 4.52. The van der Waals surface area contributed by atoms with Crippen molar-refractivity contribution >= 4 is 5.91 Å². The Morgan fingerprint density at radius 2 is 1.76 bits per heavy atom. The van der Waals surface area contributed by atoms with E-state index in [4.69, 9.17) is 0 Å². The van der Waals surface area contributed by atoms with Crippen molar-refractivity contribution < 1.29 is 4.79 Å². The molecule has 1 atom stereocenters. The standard InChI is InChI=1S/C22H28N2O/c1-22(2,3)18-11-9-16(10-12-18)20-19-8-5-13-23(19)14-15-24(20)21(25)17-6-4-7-17/h5,8-13,17,20H,4,6-7,14-15H2,1-3H3. The molecule has 2 aliphatic rings. The number of hydrogen-bond donors (Lipinski definition) is 0. The summed E-state index contributed by atoms with van der Waals surface area (Å²) in [6.45, 7) is 8.42.